The molecule has 1 amide bonds. The Hall–Kier alpha value is -3.35. The second kappa shape index (κ2) is 6.67. The van der Waals surface area contributed by atoms with E-state index in [2.05, 4.69) is 0 Å². The van der Waals surface area contributed by atoms with Gasteiger partial charge in [-0.15, -0.1) is 0 Å². The first kappa shape index (κ1) is 18.0. The number of amides is 1. The van der Waals surface area contributed by atoms with Gasteiger partial charge in [-0.25, -0.2) is 0 Å². The van der Waals surface area contributed by atoms with Gasteiger partial charge in [0.2, 0.25) is 17.1 Å². The molecule has 0 bridgehead atoms. The van der Waals surface area contributed by atoms with Crippen molar-refractivity contribution in [2.75, 3.05) is 0 Å². The number of carbonyl (C=O) groups excluding carboxylic acids is 1. The number of nitrogens with two attached hydrogens (primary N) is 1. The number of aromatic hydroxyl groups is 1. The molecule has 3 heterocycles. The van der Waals surface area contributed by atoms with Crippen LogP contribution in [0.3, 0.4) is 0 Å². The Balaban J connectivity index is 2.03. The number of aromatic nitrogens is 1. The minimum atomic E-state index is -0.948. The average molecular weight is 380 g/mol. The zero-order chi connectivity index (χ0) is 20.0. The number of benzene rings is 1. The third-order valence-electron chi connectivity index (χ3n) is 5.22. The average Bonchev–Trinajstić information content (AvgIpc) is 2.66. The lowest BCUT2D eigenvalue weighted by Gasteiger charge is -2.23. The first-order valence-electron chi connectivity index (χ1n) is 9.14. The first-order valence-corrected chi connectivity index (χ1v) is 9.14. The number of pyridine rings is 1. The number of nitrogens with zero attached hydrogens (tertiary/aromatic N) is 1. The van der Waals surface area contributed by atoms with Crippen molar-refractivity contribution < 1.29 is 14.3 Å². The monoisotopic (exact) mass is 380 g/mol. The van der Waals surface area contributed by atoms with Crippen LogP contribution in [0.25, 0.3) is 10.9 Å². The molecule has 144 valence electrons. The van der Waals surface area contributed by atoms with E-state index < -0.39 is 23.0 Å². The summed E-state index contributed by atoms with van der Waals surface area (Å²) < 4.78 is 7.28. The number of carbonyl (C=O) groups is 1. The molecule has 0 saturated carbocycles. The molecule has 2 aromatic heterocycles. The molecule has 28 heavy (non-hydrogen) atoms. The molecule has 4 rings (SSSR count). The van der Waals surface area contributed by atoms with Crippen molar-refractivity contribution >= 4 is 16.8 Å². The highest BCUT2D eigenvalue weighted by molar-refractivity contribution is 5.84. The summed E-state index contributed by atoms with van der Waals surface area (Å²) in [5.41, 5.74) is 6.78. The summed E-state index contributed by atoms with van der Waals surface area (Å²) in [5.74, 6) is -2.06. The van der Waals surface area contributed by atoms with Crippen LogP contribution in [0, 0.1) is 6.92 Å². The molecular formula is C21H20N2O5. The van der Waals surface area contributed by atoms with E-state index >= 15 is 0 Å². The smallest absolute Gasteiger partial charge is 0.255 e. The van der Waals surface area contributed by atoms with E-state index in [9.17, 15) is 19.5 Å². The third-order valence-corrected chi connectivity index (χ3v) is 5.22. The number of para-hydroxylation sites is 1. The highest BCUT2D eigenvalue weighted by atomic mass is 16.4. The van der Waals surface area contributed by atoms with Crippen LogP contribution in [0.2, 0.25) is 0 Å². The summed E-state index contributed by atoms with van der Waals surface area (Å²) >= 11 is 0. The minimum absolute atomic E-state index is 0.111. The fraction of sp³-hybridized carbons (Fsp3) is 0.286. The van der Waals surface area contributed by atoms with Crippen molar-refractivity contribution in [2.24, 2.45) is 5.73 Å². The van der Waals surface area contributed by atoms with E-state index in [4.69, 9.17) is 10.2 Å². The zero-order valence-corrected chi connectivity index (χ0v) is 15.4. The molecule has 0 radical (unpaired) electrons. The normalized spacial score (nSPS) is 14.2. The van der Waals surface area contributed by atoms with Crippen LogP contribution in [-0.4, -0.2) is 15.6 Å². The van der Waals surface area contributed by atoms with E-state index in [1.807, 2.05) is 18.2 Å². The number of aryl methyl sites for hydroxylation is 3. The first-order chi connectivity index (χ1) is 13.4. The van der Waals surface area contributed by atoms with Gasteiger partial charge in [-0.05, 0) is 36.8 Å². The molecular weight excluding hydrogens is 360 g/mol. The maximum absolute atomic E-state index is 13.3. The van der Waals surface area contributed by atoms with Gasteiger partial charge in [-0.3, -0.25) is 14.4 Å². The Bertz CT molecular complexity index is 1220. The number of primary amides is 1. The van der Waals surface area contributed by atoms with Gasteiger partial charge in [0.15, 0.2) is 5.76 Å². The standard InChI is InChI=1S/C21H20N2O5/c1-11-8-16(24)19(26)20(28-11)14(10-17(22)25)15-9-13-5-2-4-12-6-3-7-23(18(12)13)21(15)27/h2,4-5,8-9,14,26H,3,6-7,10H2,1H3,(H2,22,25)/t14-/m0/s1. The van der Waals surface area contributed by atoms with Gasteiger partial charge in [0.1, 0.15) is 5.76 Å². The molecule has 0 unspecified atom stereocenters. The maximum Gasteiger partial charge on any atom is 0.255 e. The topological polar surface area (TPSA) is 116 Å². The molecule has 1 aliphatic heterocycles. The molecule has 1 aromatic carbocycles. The van der Waals surface area contributed by atoms with Gasteiger partial charge in [0.25, 0.3) is 5.56 Å². The van der Waals surface area contributed by atoms with Crippen LogP contribution >= 0.6 is 0 Å². The lowest BCUT2D eigenvalue weighted by Crippen LogP contribution is -2.30. The van der Waals surface area contributed by atoms with E-state index in [1.54, 1.807) is 17.6 Å². The second-order valence-electron chi connectivity index (χ2n) is 7.17. The molecule has 0 fully saturated rings. The van der Waals surface area contributed by atoms with E-state index in [0.29, 0.717) is 6.54 Å². The van der Waals surface area contributed by atoms with E-state index in [0.717, 1.165) is 35.4 Å². The zero-order valence-electron chi connectivity index (χ0n) is 15.4. The lowest BCUT2D eigenvalue weighted by molar-refractivity contribution is -0.118. The quantitative estimate of drug-likeness (QED) is 0.717. The summed E-state index contributed by atoms with van der Waals surface area (Å²) in [6, 6.07) is 8.69. The molecule has 0 spiro atoms. The highest BCUT2D eigenvalue weighted by Gasteiger charge is 2.29. The highest BCUT2D eigenvalue weighted by Crippen LogP contribution is 2.33. The van der Waals surface area contributed by atoms with Crippen LogP contribution < -0.4 is 16.7 Å². The van der Waals surface area contributed by atoms with Crippen LogP contribution in [0.4, 0.5) is 0 Å². The SMILES string of the molecule is Cc1cc(=O)c(O)c([C@@H](CC(N)=O)c2cc3cccc4c3n(c2=O)CCC4)o1. The fourth-order valence-electron chi connectivity index (χ4n) is 4.04. The maximum atomic E-state index is 13.3. The van der Waals surface area contributed by atoms with E-state index in [-0.39, 0.29) is 29.1 Å². The van der Waals surface area contributed by atoms with Crippen molar-refractivity contribution in [1.82, 2.24) is 4.57 Å². The molecule has 0 aliphatic carbocycles. The molecule has 7 nitrogen and oxygen atoms in total. The van der Waals surface area contributed by atoms with Crippen molar-refractivity contribution in [3.63, 3.8) is 0 Å². The summed E-state index contributed by atoms with van der Waals surface area (Å²) in [4.78, 5) is 37.1. The summed E-state index contributed by atoms with van der Waals surface area (Å²) in [6.45, 7) is 2.13. The molecule has 1 atom stereocenters. The number of hydrogen-bond acceptors (Lipinski definition) is 5. The Labute approximate surface area is 160 Å². The van der Waals surface area contributed by atoms with Crippen LogP contribution in [-0.2, 0) is 17.8 Å². The van der Waals surface area contributed by atoms with Crippen LogP contribution in [0.15, 0.2) is 44.3 Å². The lowest BCUT2D eigenvalue weighted by atomic mass is 9.90. The van der Waals surface area contributed by atoms with Crippen molar-refractivity contribution in [1.29, 1.82) is 0 Å². The van der Waals surface area contributed by atoms with Gasteiger partial charge < -0.3 is 19.8 Å². The van der Waals surface area contributed by atoms with Gasteiger partial charge >= 0.3 is 0 Å². The molecule has 7 heteroatoms. The van der Waals surface area contributed by atoms with Gasteiger partial charge in [0.05, 0.1) is 11.4 Å². The Kier molecular flexibility index (Phi) is 4.30. The minimum Gasteiger partial charge on any atom is -0.502 e. The molecule has 1 aliphatic rings. The second-order valence-corrected chi connectivity index (χ2v) is 7.17. The largest absolute Gasteiger partial charge is 0.502 e. The Morgan fingerprint density at radius 1 is 1.32 bits per heavy atom. The number of hydrogen-bond donors (Lipinski definition) is 2. The predicted molar refractivity (Wildman–Crippen MR) is 104 cm³/mol. The summed E-state index contributed by atoms with van der Waals surface area (Å²) in [6.07, 6.45) is 1.47. The van der Waals surface area contributed by atoms with Crippen molar-refractivity contribution in [3.8, 4) is 5.75 Å². The van der Waals surface area contributed by atoms with Gasteiger partial charge in [0, 0.05) is 24.6 Å². The predicted octanol–water partition coefficient (Wildman–Crippen LogP) is 1.92. The third kappa shape index (κ3) is 2.89. The van der Waals surface area contributed by atoms with E-state index in [1.165, 1.54) is 0 Å². The van der Waals surface area contributed by atoms with Gasteiger partial charge in [-0.1, -0.05) is 18.2 Å². The van der Waals surface area contributed by atoms with Gasteiger partial charge in [-0.2, -0.15) is 0 Å². The molecule has 3 aromatic rings. The van der Waals surface area contributed by atoms with Crippen molar-refractivity contribution in [3.05, 3.63) is 73.6 Å². The Morgan fingerprint density at radius 3 is 2.86 bits per heavy atom. The summed E-state index contributed by atoms with van der Waals surface area (Å²) in [7, 11) is 0. The van der Waals surface area contributed by atoms with Crippen LogP contribution in [0.5, 0.6) is 5.75 Å². The summed E-state index contributed by atoms with van der Waals surface area (Å²) in [5, 5.41) is 11.1. The molecule has 3 N–H and O–H groups in total. The number of rotatable bonds is 4. The fourth-order valence-corrected chi connectivity index (χ4v) is 4.04. The van der Waals surface area contributed by atoms with Crippen molar-refractivity contribution in [2.45, 2.75) is 38.6 Å². The molecule has 0 saturated heterocycles. The Morgan fingerprint density at radius 2 is 2.11 bits per heavy atom. The van der Waals surface area contributed by atoms with Crippen LogP contribution in [0.1, 0.15) is 41.4 Å².